The molecule has 156 valence electrons. The summed E-state index contributed by atoms with van der Waals surface area (Å²) < 4.78 is 16.3. The van der Waals surface area contributed by atoms with Crippen LogP contribution < -0.4 is 4.74 Å². The lowest BCUT2D eigenvalue weighted by atomic mass is 9.65. The van der Waals surface area contributed by atoms with Gasteiger partial charge in [0.1, 0.15) is 5.75 Å². The third kappa shape index (κ3) is 4.68. The number of carbonyl (C=O) groups is 2. The fourth-order valence-electron chi connectivity index (χ4n) is 4.30. The highest BCUT2D eigenvalue weighted by atomic mass is 16.6. The van der Waals surface area contributed by atoms with Gasteiger partial charge in [-0.05, 0) is 50.7 Å². The van der Waals surface area contributed by atoms with Crippen molar-refractivity contribution in [2.24, 2.45) is 5.41 Å². The Balaban J connectivity index is 2.45. The topological polar surface area (TPSA) is 61.8 Å². The van der Waals surface area contributed by atoms with E-state index in [4.69, 9.17) is 14.2 Å². The van der Waals surface area contributed by atoms with E-state index < -0.39 is 17.4 Å². The van der Waals surface area contributed by atoms with Crippen LogP contribution in [0.3, 0.4) is 0 Å². The molecule has 1 aliphatic carbocycles. The van der Waals surface area contributed by atoms with Crippen LogP contribution in [-0.4, -0.2) is 32.3 Å². The van der Waals surface area contributed by atoms with Crippen molar-refractivity contribution in [1.29, 1.82) is 0 Å². The Labute approximate surface area is 168 Å². The van der Waals surface area contributed by atoms with Gasteiger partial charge in [0, 0.05) is 5.56 Å². The Morgan fingerprint density at radius 3 is 2.29 bits per heavy atom. The summed E-state index contributed by atoms with van der Waals surface area (Å²) in [7, 11) is 1.67. The minimum Gasteiger partial charge on any atom is -0.496 e. The van der Waals surface area contributed by atoms with E-state index in [0.29, 0.717) is 12.8 Å². The maximum absolute atomic E-state index is 13.0. The molecule has 28 heavy (non-hydrogen) atoms. The van der Waals surface area contributed by atoms with E-state index in [-0.39, 0.29) is 19.1 Å². The van der Waals surface area contributed by atoms with E-state index in [2.05, 4.69) is 6.92 Å². The molecule has 1 aromatic carbocycles. The molecule has 0 aliphatic heterocycles. The quantitative estimate of drug-likeness (QED) is 0.326. The number of rotatable bonds is 10. The van der Waals surface area contributed by atoms with Crippen molar-refractivity contribution in [3.05, 3.63) is 29.3 Å². The molecule has 1 aromatic rings. The molecule has 0 N–H and O–H groups in total. The van der Waals surface area contributed by atoms with Gasteiger partial charge in [-0.3, -0.25) is 9.59 Å². The van der Waals surface area contributed by atoms with Gasteiger partial charge in [-0.1, -0.05) is 44.7 Å². The van der Waals surface area contributed by atoms with Gasteiger partial charge in [0.05, 0.1) is 20.3 Å². The first kappa shape index (κ1) is 22.3. The van der Waals surface area contributed by atoms with Crippen molar-refractivity contribution in [2.45, 2.75) is 71.6 Å². The summed E-state index contributed by atoms with van der Waals surface area (Å²) in [6, 6.07) is 5.86. The molecule has 0 heterocycles. The van der Waals surface area contributed by atoms with Gasteiger partial charge < -0.3 is 14.2 Å². The lowest BCUT2D eigenvalue weighted by Gasteiger charge is -2.39. The third-order valence-electron chi connectivity index (χ3n) is 5.61. The number of methoxy groups -OCH3 is 1. The summed E-state index contributed by atoms with van der Waals surface area (Å²) in [5.41, 5.74) is 0.832. The van der Waals surface area contributed by atoms with Gasteiger partial charge in [0.15, 0.2) is 5.41 Å². The molecule has 2 rings (SSSR count). The predicted octanol–water partition coefficient (Wildman–Crippen LogP) is 4.81. The lowest BCUT2D eigenvalue weighted by molar-refractivity contribution is -0.173. The highest BCUT2D eigenvalue weighted by Crippen LogP contribution is 2.49. The van der Waals surface area contributed by atoms with Gasteiger partial charge in [-0.2, -0.15) is 0 Å². The lowest BCUT2D eigenvalue weighted by Crippen LogP contribution is -2.47. The largest absolute Gasteiger partial charge is 0.496 e. The number of unbranched alkanes of at least 4 members (excludes halogenated alkanes) is 3. The smallest absolute Gasteiger partial charge is 0.323 e. The molecule has 0 unspecified atom stereocenters. The van der Waals surface area contributed by atoms with Crippen molar-refractivity contribution in [2.75, 3.05) is 20.3 Å². The number of fused-ring (bicyclic) bond motifs is 1. The first-order valence-corrected chi connectivity index (χ1v) is 10.5. The van der Waals surface area contributed by atoms with E-state index in [0.717, 1.165) is 36.1 Å². The normalized spacial score (nSPS) is 17.5. The molecule has 0 radical (unpaired) electrons. The number of ether oxygens (including phenoxy) is 3. The van der Waals surface area contributed by atoms with Gasteiger partial charge in [0.25, 0.3) is 0 Å². The van der Waals surface area contributed by atoms with Crippen LogP contribution in [0.25, 0.3) is 0 Å². The van der Waals surface area contributed by atoms with E-state index >= 15 is 0 Å². The predicted molar refractivity (Wildman–Crippen MR) is 109 cm³/mol. The maximum Gasteiger partial charge on any atom is 0.323 e. The van der Waals surface area contributed by atoms with Crippen LogP contribution in [0.4, 0.5) is 0 Å². The summed E-state index contributed by atoms with van der Waals surface area (Å²) in [5, 5.41) is 0. The molecule has 1 atom stereocenters. The highest BCUT2D eigenvalue weighted by Gasteiger charge is 2.53. The van der Waals surface area contributed by atoms with Crippen molar-refractivity contribution in [3.63, 3.8) is 0 Å². The van der Waals surface area contributed by atoms with E-state index in [9.17, 15) is 9.59 Å². The van der Waals surface area contributed by atoms with E-state index in [1.807, 2.05) is 18.2 Å². The second kappa shape index (κ2) is 10.5. The SMILES string of the molecule is CCCCCC[C@@H]1CC(C(=O)OCC)(C(=O)OCC)Cc2cccc(OC)c21. The van der Waals surface area contributed by atoms with Crippen molar-refractivity contribution in [3.8, 4) is 5.75 Å². The molecule has 0 bridgehead atoms. The number of carbonyl (C=O) groups excluding carboxylic acids is 2. The summed E-state index contributed by atoms with van der Waals surface area (Å²) in [4.78, 5) is 25.9. The van der Waals surface area contributed by atoms with Gasteiger partial charge >= 0.3 is 11.9 Å². The molecule has 0 amide bonds. The Morgan fingerprint density at radius 1 is 1.04 bits per heavy atom. The van der Waals surface area contributed by atoms with Crippen molar-refractivity contribution >= 4 is 11.9 Å². The maximum atomic E-state index is 13.0. The zero-order chi connectivity index (χ0) is 20.6. The summed E-state index contributed by atoms with van der Waals surface area (Å²) >= 11 is 0. The highest BCUT2D eigenvalue weighted by molar-refractivity contribution is 6.01. The van der Waals surface area contributed by atoms with Crippen molar-refractivity contribution < 1.29 is 23.8 Å². The van der Waals surface area contributed by atoms with Gasteiger partial charge in [-0.25, -0.2) is 0 Å². The number of benzene rings is 1. The zero-order valence-corrected chi connectivity index (χ0v) is 17.7. The first-order valence-electron chi connectivity index (χ1n) is 10.5. The molecule has 0 spiro atoms. The van der Waals surface area contributed by atoms with Crippen LogP contribution >= 0.6 is 0 Å². The van der Waals surface area contributed by atoms with Gasteiger partial charge in [0.2, 0.25) is 0 Å². The fourth-order valence-corrected chi connectivity index (χ4v) is 4.30. The Kier molecular flexibility index (Phi) is 8.34. The van der Waals surface area contributed by atoms with E-state index in [1.165, 1.54) is 12.8 Å². The third-order valence-corrected chi connectivity index (χ3v) is 5.61. The van der Waals surface area contributed by atoms with Crippen LogP contribution in [0.1, 0.15) is 76.3 Å². The second-order valence-corrected chi connectivity index (χ2v) is 7.48. The molecular formula is C23H34O5. The summed E-state index contributed by atoms with van der Waals surface area (Å²) in [5.74, 6) is -0.0502. The Morgan fingerprint density at radius 2 is 1.71 bits per heavy atom. The van der Waals surface area contributed by atoms with Crippen LogP contribution in [0.15, 0.2) is 18.2 Å². The van der Waals surface area contributed by atoms with Crippen LogP contribution in [-0.2, 0) is 25.5 Å². The molecule has 0 aromatic heterocycles. The molecule has 0 fully saturated rings. The molecule has 5 nitrogen and oxygen atoms in total. The minimum absolute atomic E-state index is 0.0607. The molecular weight excluding hydrogens is 356 g/mol. The molecule has 5 heteroatoms. The summed E-state index contributed by atoms with van der Waals surface area (Å²) in [6.45, 7) is 6.20. The Hall–Kier alpha value is -2.04. The fraction of sp³-hybridized carbons (Fsp3) is 0.652. The van der Waals surface area contributed by atoms with Gasteiger partial charge in [-0.15, -0.1) is 0 Å². The van der Waals surface area contributed by atoms with E-state index in [1.54, 1.807) is 21.0 Å². The molecule has 0 saturated heterocycles. The Bertz CT molecular complexity index is 649. The minimum atomic E-state index is -1.28. The average molecular weight is 391 g/mol. The summed E-state index contributed by atoms with van der Waals surface area (Å²) in [6.07, 6.45) is 6.16. The second-order valence-electron chi connectivity index (χ2n) is 7.48. The molecule has 1 aliphatic rings. The number of hydrogen-bond acceptors (Lipinski definition) is 5. The first-order chi connectivity index (χ1) is 13.5. The monoisotopic (exact) mass is 390 g/mol. The van der Waals surface area contributed by atoms with Crippen LogP contribution in [0.2, 0.25) is 0 Å². The molecule has 0 saturated carbocycles. The van der Waals surface area contributed by atoms with Crippen LogP contribution in [0.5, 0.6) is 5.75 Å². The average Bonchev–Trinajstić information content (AvgIpc) is 2.70. The van der Waals surface area contributed by atoms with Crippen LogP contribution in [0, 0.1) is 5.41 Å². The standard InChI is InChI=1S/C23H34O5/c1-5-8-9-10-12-17-15-23(21(24)27-6-2,22(25)28-7-3)16-18-13-11-14-19(26-4)20(17)18/h11,13-14,17H,5-10,12,15-16H2,1-4H3/t17-/m1/s1. The van der Waals surface area contributed by atoms with Crippen molar-refractivity contribution in [1.82, 2.24) is 0 Å². The number of hydrogen-bond donors (Lipinski definition) is 0. The number of esters is 2. The zero-order valence-electron chi connectivity index (χ0n) is 17.7.